The van der Waals surface area contributed by atoms with Crippen molar-refractivity contribution >= 4 is 33.5 Å². The van der Waals surface area contributed by atoms with E-state index in [0.717, 1.165) is 20.2 Å². The summed E-state index contributed by atoms with van der Waals surface area (Å²) in [6.07, 6.45) is 0.625. The number of rotatable bonds is 2. The van der Waals surface area contributed by atoms with Gasteiger partial charge in [0, 0.05) is 29.2 Å². The molecule has 0 spiro atoms. The Morgan fingerprint density at radius 1 is 1.46 bits per heavy atom. The van der Waals surface area contributed by atoms with Crippen LogP contribution in [-0.4, -0.2) is 16.9 Å². The van der Waals surface area contributed by atoms with Crippen LogP contribution in [0.5, 0.6) is 0 Å². The fourth-order valence-electron chi connectivity index (χ4n) is 1.31. The first-order valence-electron chi connectivity index (χ1n) is 3.96. The lowest BCUT2D eigenvalue weighted by molar-refractivity contribution is 0.300. The lowest BCUT2D eigenvalue weighted by atomic mass is 10.1. The number of aliphatic hydroxyl groups is 1. The second-order valence-electron chi connectivity index (χ2n) is 2.74. The maximum atomic E-state index is 8.83. The smallest absolute Gasteiger partial charge is 0.204 e. The molecule has 2 aromatic rings. The Hall–Kier alpha value is -0.620. The minimum absolute atomic E-state index is 0.141. The molecular weight excluding hydrogens is 281 g/mol. The summed E-state index contributed by atoms with van der Waals surface area (Å²) >= 11 is 2.11. The molecule has 1 aromatic heterocycles. The fraction of sp³-hybridized carbons (Fsp3) is 0.222. The highest BCUT2D eigenvalue weighted by atomic mass is 127. The van der Waals surface area contributed by atoms with Crippen LogP contribution < -0.4 is 0 Å². The number of benzene rings is 1. The summed E-state index contributed by atoms with van der Waals surface area (Å²) in [7, 11) is 0. The van der Waals surface area contributed by atoms with E-state index in [1.165, 1.54) is 0 Å². The third kappa shape index (κ3) is 1.55. The molecule has 1 N–H and O–H groups in total. The quantitative estimate of drug-likeness (QED) is 0.860. The molecule has 0 aliphatic heterocycles. The van der Waals surface area contributed by atoms with Crippen LogP contribution in [-0.2, 0) is 6.42 Å². The molecule has 68 valence electrons. The molecule has 1 aromatic carbocycles. The first-order valence-corrected chi connectivity index (χ1v) is 5.04. The van der Waals surface area contributed by atoms with Gasteiger partial charge in [0.15, 0.2) is 0 Å². The topological polar surface area (TPSA) is 46.3 Å². The maximum Gasteiger partial charge on any atom is 0.204 e. The molecule has 0 aliphatic rings. The molecule has 13 heavy (non-hydrogen) atoms. The predicted octanol–water partition coefficient (Wildman–Crippen LogP) is 1.97. The van der Waals surface area contributed by atoms with Gasteiger partial charge in [-0.25, -0.2) is 0 Å². The van der Waals surface area contributed by atoms with Gasteiger partial charge in [-0.3, -0.25) is 0 Å². The van der Waals surface area contributed by atoms with Crippen molar-refractivity contribution in [2.24, 2.45) is 0 Å². The summed E-state index contributed by atoms with van der Waals surface area (Å²) < 4.78 is 5.86. The molecule has 2 rings (SSSR count). The van der Waals surface area contributed by atoms with Gasteiger partial charge in [-0.05, 0) is 18.1 Å². The van der Waals surface area contributed by atoms with E-state index in [2.05, 4.69) is 27.7 Å². The van der Waals surface area contributed by atoms with Crippen molar-refractivity contribution in [3.8, 4) is 0 Å². The third-order valence-corrected chi connectivity index (χ3v) is 2.71. The first-order chi connectivity index (χ1) is 6.33. The highest BCUT2D eigenvalue weighted by Crippen LogP contribution is 2.22. The van der Waals surface area contributed by atoms with Gasteiger partial charge in [0.25, 0.3) is 0 Å². The molecule has 0 bridgehead atoms. The molecule has 0 saturated heterocycles. The summed E-state index contributed by atoms with van der Waals surface area (Å²) in [5, 5.41) is 13.8. The standard InChI is InChI=1S/C9H8INO2/c10-9-7-3-1-2-6(4-5-12)8(7)11-13-9/h1-3,12H,4-5H2. The Morgan fingerprint density at radius 2 is 2.31 bits per heavy atom. The van der Waals surface area contributed by atoms with Crippen molar-refractivity contribution in [2.45, 2.75) is 6.42 Å². The van der Waals surface area contributed by atoms with E-state index in [0.29, 0.717) is 6.42 Å². The van der Waals surface area contributed by atoms with Crippen molar-refractivity contribution in [3.63, 3.8) is 0 Å². The molecule has 3 nitrogen and oxygen atoms in total. The average molecular weight is 289 g/mol. The van der Waals surface area contributed by atoms with E-state index in [1.807, 2.05) is 18.2 Å². The zero-order chi connectivity index (χ0) is 9.26. The largest absolute Gasteiger partial charge is 0.396 e. The molecule has 0 unspecified atom stereocenters. The number of nitrogens with zero attached hydrogens (tertiary/aromatic N) is 1. The van der Waals surface area contributed by atoms with Crippen molar-refractivity contribution < 1.29 is 9.63 Å². The number of aromatic nitrogens is 1. The molecule has 4 heteroatoms. The number of hydrogen-bond donors (Lipinski definition) is 1. The van der Waals surface area contributed by atoms with E-state index in [9.17, 15) is 0 Å². The summed E-state index contributed by atoms with van der Waals surface area (Å²) in [5.41, 5.74) is 1.90. The minimum atomic E-state index is 0.141. The van der Waals surface area contributed by atoms with E-state index in [4.69, 9.17) is 9.63 Å². The molecule has 1 heterocycles. The SMILES string of the molecule is OCCc1cccc2c(I)onc12. The van der Waals surface area contributed by atoms with Gasteiger partial charge in [0.1, 0.15) is 5.52 Å². The maximum absolute atomic E-state index is 8.83. The van der Waals surface area contributed by atoms with Crippen LogP contribution >= 0.6 is 22.6 Å². The zero-order valence-corrected chi connectivity index (χ0v) is 8.98. The van der Waals surface area contributed by atoms with Crippen LogP contribution in [0.15, 0.2) is 22.7 Å². The van der Waals surface area contributed by atoms with Crippen LogP contribution in [0, 0.1) is 3.77 Å². The Balaban J connectivity index is 2.63. The van der Waals surface area contributed by atoms with Gasteiger partial charge in [-0.2, -0.15) is 0 Å². The summed E-state index contributed by atoms with van der Waals surface area (Å²) in [5.74, 6) is 0. The van der Waals surface area contributed by atoms with E-state index in [1.54, 1.807) is 0 Å². The molecule has 0 radical (unpaired) electrons. The Morgan fingerprint density at radius 3 is 3.08 bits per heavy atom. The van der Waals surface area contributed by atoms with E-state index in [-0.39, 0.29) is 6.61 Å². The molecule has 0 atom stereocenters. The highest BCUT2D eigenvalue weighted by Gasteiger charge is 2.08. The number of halogens is 1. The Kier molecular flexibility index (Phi) is 2.50. The van der Waals surface area contributed by atoms with Crippen molar-refractivity contribution in [1.82, 2.24) is 5.16 Å². The van der Waals surface area contributed by atoms with Crippen LogP contribution in [0.25, 0.3) is 10.9 Å². The monoisotopic (exact) mass is 289 g/mol. The average Bonchev–Trinajstić information content (AvgIpc) is 2.50. The van der Waals surface area contributed by atoms with Gasteiger partial charge in [-0.15, -0.1) is 0 Å². The number of fused-ring (bicyclic) bond motifs is 1. The number of hydrogen-bond acceptors (Lipinski definition) is 3. The van der Waals surface area contributed by atoms with Crippen LogP contribution in [0.1, 0.15) is 5.56 Å². The van der Waals surface area contributed by atoms with Crippen molar-refractivity contribution in [3.05, 3.63) is 27.5 Å². The summed E-state index contributed by atoms with van der Waals surface area (Å²) in [6.45, 7) is 0.141. The van der Waals surface area contributed by atoms with Gasteiger partial charge in [-0.1, -0.05) is 17.3 Å². The lowest BCUT2D eigenvalue weighted by Gasteiger charge is -1.96. The first kappa shape index (κ1) is 8.96. The summed E-state index contributed by atoms with van der Waals surface area (Å²) in [4.78, 5) is 0. The Labute approximate surface area is 88.9 Å². The van der Waals surface area contributed by atoms with E-state index < -0.39 is 0 Å². The van der Waals surface area contributed by atoms with Crippen LogP contribution in [0.2, 0.25) is 0 Å². The van der Waals surface area contributed by atoms with E-state index >= 15 is 0 Å². The van der Waals surface area contributed by atoms with Gasteiger partial charge in [0.05, 0.1) is 5.39 Å². The second kappa shape index (κ2) is 3.63. The lowest BCUT2D eigenvalue weighted by Crippen LogP contribution is -1.91. The summed E-state index contributed by atoms with van der Waals surface area (Å²) in [6, 6.07) is 5.87. The van der Waals surface area contributed by atoms with Crippen LogP contribution in [0.3, 0.4) is 0 Å². The molecule has 0 fully saturated rings. The normalized spacial score (nSPS) is 10.9. The molecular formula is C9H8INO2. The third-order valence-electron chi connectivity index (χ3n) is 1.93. The molecule has 0 aliphatic carbocycles. The molecule has 0 saturated carbocycles. The van der Waals surface area contributed by atoms with Gasteiger partial charge < -0.3 is 9.63 Å². The molecule has 0 amide bonds. The highest BCUT2D eigenvalue weighted by molar-refractivity contribution is 14.1. The fourth-order valence-corrected chi connectivity index (χ4v) is 1.85. The zero-order valence-electron chi connectivity index (χ0n) is 6.83. The van der Waals surface area contributed by atoms with Crippen molar-refractivity contribution in [2.75, 3.05) is 6.61 Å². The Bertz CT molecular complexity index is 424. The predicted molar refractivity (Wildman–Crippen MR) is 57.5 cm³/mol. The van der Waals surface area contributed by atoms with Crippen LogP contribution in [0.4, 0.5) is 0 Å². The van der Waals surface area contributed by atoms with Crippen molar-refractivity contribution in [1.29, 1.82) is 0 Å². The van der Waals surface area contributed by atoms with Gasteiger partial charge >= 0.3 is 0 Å². The number of aliphatic hydroxyl groups excluding tert-OH is 1. The second-order valence-corrected chi connectivity index (χ2v) is 3.72. The minimum Gasteiger partial charge on any atom is -0.396 e. The van der Waals surface area contributed by atoms with Gasteiger partial charge in [0.2, 0.25) is 3.77 Å².